The Morgan fingerprint density at radius 2 is 1.61 bits per heavy atom. The van der Waals surface area contributed by atoms with Gasteiger partial charge in [-0.2, -0.15) is 0 Å². The van der Waals surface area contributed by atoms with Crippen LogP contribution in [0, 0.1) is 29.4 Å². The molecular weight excluding hydrogens is 290 g/mol. The topological polar surface area (TPSA) is 0 Å². The summed E-state index contributed by atoms with van der Waals surface area (Å²) in [6, 6.07) is 2.84. The molecule has 0 aliphatic carbocycles. The summed E-state index contributed by atoms with van der Waals surface area (Å²) in [4.78, 5) is 0. The molecule has 0 saturated heterocycles. The van der Waals surface area contributed by atoms with Crippen molar-refractivity contribution in [3.05, 3.63) is 34.9 Å². The molecular formula is C21H32F2. The Morgan fingerprint density at radius 1 is 1.00 bits per heavy atom. The van der Waals surface area contributed by atoms with Crippen molar-refractivity contribution in [2.45, 2.75) is 79.6 Å². The van der Waals surface area contributed by atoms with Gasteiger partial charge in [-0.1, -0.05) is 65.7 Å². The summed E-state index contributed by atoms with van der Waals surface area (Å²) in [5.74, 6) is 4.71. The highest BCUT2D eigenvalue weighted by molar-refractivity contribution is 5.38. The molecule has 0 heterocycles. The van der Waals surface area contributed by atoms with Gasteiger partial charge in [0.1, 0.15) is 11.6 Å². The third-order valence-electron chi connectivity index (χ3n) is 3.80. The Hall–Kier alpha value is -1.36. The van der Waals surface area contributed by atoms with Gasteiger partial charge in [0.15, 0.2) is 0 Å². The van der Waals surface area contributed by atoms with Crippen LogP contribution in [0.5, 0.6) is 0 Å². The number of halogens is 2. The van der Waals surface area contributed by atoms with Gasteiger partial charge < -0.3 is 0 Å². The SMILES string of the molecule is CC.CC#Cc1c(F)cc(CCCCCC(C)CCC)cc1F. The van der Waals surface area contributed by atoms with Crippen LogP contribution < -0.4 is 0 Å². The number of unbranched alkanes of at least 4 members (excludes halogenated alkanes) is 2. The van der Waals surface area contributed by atoms with Gasteiger partial charge in [0.05, 0.1) is 5.56 Å². The molecule has 0 aromatic heterocycles. The van der Waals surface area contributed by atoms with Crippen molar-refractivity contribution in [3.63, 3.8) is 0 Å². The van der Waals surface area contributed by atoms with E-state index in [0.717, 1.165) is 30.7 Å². The summed E-state index contributed by atoms with van der Waals surface area (Å²) >= 11 is 0. The maximum absolute atomic E-state index is 13.7. The predicted octanol–water partition coefficient (Wildman–Crippen LogP) is 6.90. The monoisotopic (exact) mass is 322 g/mol. The molecule has 2 heteroatoms. The fraction of sp³-hybridized carbons (Fsp3) is 0.619. The molecule has 0 amide bonds. The van der Waals surface area contributed by atoms with Crippen LogP contribution in [0.15, 0.2) is 12.1 Å². The summed E-state index contributed by atoms with van der Waals surface area (Å²) in [6.07, 6.45) is 7.82. The van der Waals surface area contributed by atoms with Crippen LogP contribution in [0.4, 0.5) is 8.78 Å². The molecule has 0 spiro atoms. The van der Waals surface area contributed by atoms with Gasteiger partial charge >= 0.3 is 0 Å². The maximum Gasteiger partial charge on any atom is 0.142 e. The van der Waals surface area contributed by atoms with E-state index in [1.165, 1.54) is 37.8 Å². The number of hydrogen-bond donors (Lipinski definition) is 0. The highest BCUT2D eigenvalue weighted by atomic mass is 19.1. The lowest BCUT2D eigenvalue weighted by molar-refractivity contribution is 0.456. The minimum absolute atomic E-state index is 0.116. The van der Waals surface area contributed by atoms with Crippen LogP contribution in [-0.4, -0.2) is 0 Å². The number of aryl methyl sites for hydroxylation is 1. The standard InChI is InChI=1S/C19H26F2.C2H6/c1-4-9-15(3)11-7-6-8-12-16-13-18(20)17(10-5-2)19(21)14-16;1-2/h13-15H,4,6-9,11-12H2,1-3H3;1-2H3. The molecule has 0 aliphatic rings. The van der Waals surface area contributed by atoms with Crippen molar-refractivity contribution in [3.8, 4) is 11.8 Å². The predicted molar refractivity (Wildman–Crippen MR) is 96.5 cm³/mol. The van der Waals surface area contributed by atoms with Crippen LogP contribution in [-0.2, 0) is 6.42 Å². The lowest BCUT2D eigenvalue weighted by atomic mass is 9.97. The average molecular weight is 322 g/mol. The van der Waals surface area contributed by atoms with Crippen molar-refractivity contribution < 1.29 is 8.78 Å². The zero-order valence-corrected chi connectivity index (χ0v) is 15.4. The van der Waals surface area contributed by atoms with Gasteiger partial charge in [0, 0.05) is 0 Å². The lowest BCUT2D eigenvalue weighted by Gasteiger charge is -2.09. The second-order valence-corrected chi connectivity index (χ2v) is 5.80. The van der Waals surface area contributed by atoms with E-state index in [1.807, 2.05) is 13.8 Å². The Kier molecular flexibility index (Phi) is 12.3. The molecule has 1 aromatic rings. The summed E-state index contributed by atoms with van der Waals surface area (Å²) < 4.78 is 27.4. The normalized spacial score (nSPS) is 11.1. The Labute approximate surface area is 141 Å². The molecule has 0 saturated carbocycles. The molecule has 1 atom stereocenters. The summed E-state index contributed by atoms with van der Waals surface area (Å²) in [7, 11) is 0. The van der Waals surface area contributed by atoms with Gasteiger partial charge in [0.25, 0.3) is 0 Å². The Bertz CT molecular complexity index is 471. The van der Waals surface area contributed by atoms with Gasteiger partial charge in [-0.15, -0.1) is 5.92 Å². The minimum atomic E-state index is -0.545. The van der Waals surface area contributed by atoms with Crippen molar-refractivity contribution in [1.29, 1.82) is 0 Å². The third-order valence-corrected chi connectivity index (χ3v) is 3.80. The van der Waals surface area contributed by atoms with Crippen molar-refractivity contribution in [2.75, 3.05) is 0 Å². The maximum atomic E-state index is 13.7. The fourth-order valence-corrected chi connectivity index (χ4v) is 2.65. The quantitative estimate of drug-likeness (QED) is 0.360. The number of rotatable bonds is 8. The van der Waals surface area contributed by atoms with Gasteiger partial charge in [-0.25, -0.2) is 8.78 Å². The van der Waals surface area contributed by atoms with E-state index < -0.39 is 11.6 Å². The molecule has 0 radical (unpaired) electrons. The van der Waals surface area contributed by atoms with E-state index >= 15 is 0 Å². The van der Waals surface area contributed by atoms with E-state index in [0.29, 0.717) is 0 Å². The summed E-state index contributed by atoms with van der Waals surface area (Å²) in [6.45, 7) is 10.1. The van der Waals surface area contributed by atoms with E-state index in [-0.39, 0.29) is 5.56 Å². The zero-order valence-electron chi connectivity index (χ0n) is 15.4. The highest BCUT2D eigenvalue weighted by Crippen LogP contribution is 2.18. The largest absolute Gasteiger partial charge is 0.206 e. The molecule has 0 N–H and O–H groups in total. The second kappa shape index (κ2) is 13.1. The van der Waals surface area contributed by atoms with E-state index in [2.05, 4.69) is 25.7 Å². The molecule has 1 aromatic carbocycles. The first-order valence-electron chi connectivity index (χ1n) is 8.99. The van der Waals surface area contributed by atoms with Gasteiger partial charge in [0.2, 0.25) is 0 Å². The first-order chi connectivity index (χ1) is 11.1. The molecule has 0 bridgehead atoms. The van der Waals surface area contributed by atoms with Crippen molar-refractivity contribution in [2.24, 2.45) is 5.92 Å². The van der Waals surface area contributed by atoms with E-state index in [9.17, 15) is 8.78 Å². The van der Waals surface area contributed by atoms with E-state index in [4.69, 9.17) is 0 Å². The van der Waals surface area contributed by atoms with Gasteiger partial charge in [-0.05, 0) is 43.4 Å². The van der Waals surface area contributed by atoms with Crippen molar-refractivity contribution in [1.82, 2.24) is 0 Å². The van der Waals surface area contributed by atoms with Crippen LogP contribution in [0.25, 0.3) is 0 Å². The van der Waals surface area contributed by atoms with Crippen molar-refractivity contribution >= 4 is 0 Å². The second-order valence-electron chi connectivity index (χ2n) is 5.80. The third kappa shape index (κ3) is 8.74. The fourth-order valence-electron chi connectivity index (χ4n) is 2.65. The summed E-state index contributed by atoms with van der Waals surface area (Å²) in [5.41, 5.74) is 0.614. The van der Waals surface area contributed by atoms with Crippen LogP contribution >= 0.6 is 0 Å². The average Bonchev–Trinajstić information content (AvgIpc) is 2.53. The number of benzene rings is 1. The Morgan fingerprint density at radius 3 is 2.13 bits per heavy atom. The Balaban J connectivity index is 0.00000232. The highest BCUT2D eigenvalue weighted by Gasteiger charge is 2.09. The van der Waals surface area contributed by atoms with Crippen LogP contribution in [0.3, 0.4) is 0 Å². The molecule has 130 valence electrons. The van der Waals surface area contributed by atoms with Gasteiger partial charge in [-0.3, -0.25) is 0 Å². The zero-order chi connectivity index (χ0) is 17.7. The summed E-state index contributed by atoms with van der Waals surface area (Å²) in [5, 5.41) is 0. The van der Waals surface area contributed by atoms with Crippen LogP contribution in [0.2, 0.25) is 0 Å². The van der Waals surface area contributed by atoms with Crippen LogP contribution in [0.1, 0.15) is 84.3 Å². The number of hydrogen-bond acceptors (Lipinski definition) is 0. The molecule has 0 nitrogen and oxygen atoms in total. The molecule has 23 heavy (non-hydrogen) atoms. The minimum Gasteiger partial charge on any atom is -0.206 e. The smallest absolute Gasteiger partial charge is 0.142 e. The lowest BCUT2D eigenvalue weighted by Crippen LogP contribution is -1.96. The first kappa shape index (κ1) is 21.6. The first-order valence-corrected chi connectivity index (χ1v) is 8.99. The molecule has 0 aliphatic heterocycles. The molecule has 0 fully saturated rings. The molecule has 1 rings (SSSR count). The molecule has 1 unspecified atom stereocenters. The van der Waals surface area contributed by atoms with E-state index in [1.54, 1.807) is 6.92 Å².